The van der Waals surface area contributed by atoms with Crippen molar-refractivity contribution < 1.29 is 19.2 Å². The Kier molecular flexibility index (Phi) is 1.88. The van der Waals surface area contributed by atoms with Gasteiger partial charge in [0.1, 0.15) is 0 Å². The van der Waals surface area contributed by atoms with Crippen molar-refractivity contribution in [3.05, 3.63) is 0 Å². The average Bonchev–Trinajstić information content (AvgIpc) is 2.60. The second-order valence-corrected chi connectivity index (χ2v) is 3.84. The summed E-state index contributed by atoms with van der Waals surface area (Å²) in [6, 6.07) is 0. The van der Waals surface area contributed by atoms with Crippen molar-refractivity contribution in [2.24, 2.45) is 0 Å². The lowest BCUT2D eigenvalue weighted by Crippen LogP contribution is -2.27. The molecule has 0 spiro atoms. The Morgan fingerprint density at radius 2 is 1.92 bits per heavy atom. The molecule has 12 heavy (non-hydrogen) atoms. The molecule has 4 nitrogen and oxygen atoms in total. The van der Waals surface area contributed by atoms with Gasteiger partial charge in [-0.05, 0) is 20.3 Å². The SMILES string of the molecule is CC1(CCC2(C)OCOO2)CO1. The van der Waals surface area contributed by atoms with Gasteiger partial charge in [0.05, 0.1) is 12.2 Å². The first-order valence-corrected chi connectivity index (χ1v) is 4.21. The second kappa shape index (κ2) is 2.67. The summed E-state index contributed by atoms with van der Waals surface area (Å²) in [7, 11) is 0. The molecular weight excluding hydrogens is 160 g/mol. The van der Waals surface area contributed by atoms with E-state index in [2.05, 4.69) is 11.8 Å². The summed E-state index contributed by atoms with van der Waals surface area (Å²) in [4.78, 5) is 9.67. The zero-order chi connectivity index (χ0) is 8.66. The molecule has 0 aliphatic carbocycles. The largest absolute Gasteiger partial charge is 0.370 e. The maximum absolute atomic E-state index is 5.26. The van der Waals surface area contributed by atoms with Crippen LogP contribution in [0.1, 0.15) is 26.7 Å². The summed E-state index contributed by atoms with van der Waals surface area (Å²) in [5, 5.41) is 0. The van der Waals surface area contributed by atoms with Crippen LogP contribution in [0.2, 0.25) is 0 Å². The summed E-state index contributed by atoms with van der Waals surface area (Å²) < 4.78 is 10.5. The Labute approximate surface area is 71.7 Å². The minimum Gasteiger partial charge on any atom is -0.370 e. The fourth-order valence-electron chi connectivity index (χ4n) is 1.19. The van der Waals surface area contributed by atoms with Crippen LogP contribution in [-0.4, -0.2) is 24.8 Å². The van der Waals surface area contributed by atoms with Gasteiger partial charge in [0.25, 0.3) is 0 Å². The van der Waals surface area contributed by atoms with Gasteiger partial charge in [0.2, 0.25) is 5.79 Å². The van der Waals surface area contributed by atoms with Crippen molar-refractivity contribution in [2.75, 3.05) is 13.4 Å². The molecule has 2 fully saturated rings. The fraction of sp³-hybridized carbons (Fsp3) is 1.00. The molecule has 2 saturated heterocycles. The maximum atomic E-state index is 5.26. The average molecular weight is 174 g/mol. The Morgan fingerprint density at radius 1 is 1.17 bits per heavy atom. The van der Waals surface area contributed by atoms with Crippen LogP contribution in [0, 0.1) is 0 Å². The third kappa shape index (κ3) is 1.77. The summed E-state index contributed by atoms with van der Waals surface area (Å²) in [5.74, 6) is -0.561. The molecule has 0 amide bonds. The molecule has 2 aliphatic heterocycles. The fourth-order valence-corrected chi connectivity index (χ4v) is 1.19. The van der Waals surface area contributed by atoms with E-state index in [0.717, 1.165) is 19.4 Å². The number of hydrogen-bond acceptors (Lipinski definition) is 4. The van der Waals surface area contributed by atoms with Crippen LogP contribution in [0.3, 0.4) is 0 Å². The van der Waals surface area contributed by atoms with Crippen LogP contribution < -0.4 is 0 Å². The summed E-state index contributed by atoms with van der Waals surface area (Å²) in [6.07, 6.45) is 1.76. The van der Waals surface area contributed by atoms with Crippen molar-refractivity contribution in [1.29, 1.82) is 0 Å². The van der Waals surface area contributed by atoms with E-state index in [1.165, 1.54) is 0 Å². The molecule has 0 saturated carbocycles. The molecule has 0 radical (unpaired) electrons. The third-order valence-electron chi connectivity index (χ3n) is 2.39. The van der Waals surface area contributed by atoms with Crippen LogP contribution in [-0.2, 0) is 19.2 Å². The van der Waals surface area contributed by atoms with Crippen LogP contribution in [0.4, 0.5) is 0 Å². The minimum atomic E-state index is -0.561. The highest BCUT2D eigenvalue weighted by molar-refractivity contribution is 4.88. The van der Waals surface area contributed by atoms with Crippen molar-refractivity contribution in [2.45, 2.75) is 38.1 Å². The van der Waals surface area contributed by atoms with E-state index in [9.17, 15) is 0 Å². The summed E-state index contributed by atoms with van der Waals surface area (Å²) in [6.45, 7) is 5.05. The smallest absolute Gasteiger partial charge is 0.201 e. The van der Waals surface area contributed by atoms with Crippen molar-refractivity contribution >= 4 is 0 Å². The van der Waals surface area contributed by atoms with E-state index < -0.39 is 5.79 Å². The van der Waals surface area contributed by atoms with Crippen LogP contribution >= 0.6 is 0 Å². The van der Waals surface area contributed by atoms with Gasteiger partial charge in [-0.25, -0.2) is 4.89 Å². The highest BCUT2D eigenvalue weighted by Gasteiger charge is 2.43. The summed E-state index contributed by atoms with van der Waals surface area (Å²) in [5.41, 5.74) is 0.0678. The third-order valence-corrected chi connectivity index (χ3v) is 2.39. The molecule has 0 aromatic heterocycles. The van der Waals surface area contributed by atoms with Gasteiger partial charge < -0.3 is 9.47 Å². The predicted octanol–water partition coefficient (Wildman–Crippen LogP) is 1.21. The van der Waals surface area contributed by atoms with Gasteiger partial charge in [-0.2, -0.15) is 4.89 Å². The van der Waals surface area contributed by atoms with Crippen LogP contribution in [0.25, 0.3) is 0 Å². The lowest BCUT2D eigenvalue weighted by molar-refractivity contribution is -0.317. The van der Waals surface area contributed by atoms with Crippen molar-refractivity contribution in [3.8, 4) is 0 Å². The Hall–Kier alpha value is -0.160. The van der Waals surface area contributed by atoms with Gasteiger partial charge in [-0.15, -0.1) is 0 Å². The lowest BCUT2D eigenvalue weighted by Gasteiger charge is -2.19. The molecule has 2 heterocycles. The second-order valence-electron chi connectivity index (χ2n) is 3.84. The molecule has 2 rings (SSSR count). The Bertz CT molecular complexity index is 170. The van der Waals surface area contributed by atoms with Crippen molar-refractivity contribution in [1.82, 2.24) is 0 Å². The first-order valence-electron chi connectivity index (χ1n) is 4.21. The van der Waals surface area contributed by atoms with E-state index in [0.29, 0.717) is 0 Å². The lowest BCUT2D eigenvalue weighted by atomic mass is 10.0. The van der Waals surface area contributed by atoms with E-state index in [1.54, 1.807) is 0 Å². The molecule has 0 N–H and O–H groups in total. The van der Waals surface area contributed by atoms with Crippen molar-refractivity contribution in [3.63, 3.8) is 0 Å². The quantitative estimate of drug-likeness (QED) is 0.476. The molecule has 2 aliphatic rings. The van der Waals surface area contributed by atoms with E-state index >= 15 is 0 Å². The molecule has 0 aromatic rings. The van der Waals surface area contributed by atoms with E-state index in [4.69, 9.17) is 14.4 Å². The topological polar surface area (TPSA) is 40.2 Å². The normalized spacial score (nSPS) is 46.5. The van der Waals surface area contributed by atoms with Gasteiger partial charge >= 0.3 is 0 Å². The molecule has 70 valence electrons. The highest BCUT2D eigenvalue weighted by Crippen LogP contribution is 2.35. The zero-order valence-corrected chi connectivity index (χ0v) is 7.46. The molecule has 0 bridgehead atoms. The predicted molar refractivity (Wildman–Crippen MR) is 40.1 cm³/mol. The van der Waals surface area contributed by atoms with E-state index in [1.807, 2.05) is 6.92 Å². The number of rotatable bonds is 3. The minimum absolute atomic E-state index is 0.0678. The number of hydrogen-bond donors (Lipinski definition) is 0. The first kappa shape index (κ1) is 8.44. The van der Waals surface area contributed by atoms with E-state index in [-0.39, 0.29) is 12.4 Å². The molecular formula is C8H14O4. The molecule has 2 unspecified atom stereocenters. The molecule has 0 aromatic carbocycles. The summed E-state index contributed by atoms with van der Waals surface area (Å²) >= 11 is 0. The number of epoxide rings is 1. The van der Waals surface area contributed by atoms with Crippen LogP contribution in [0.5, 0.6) is 0 Å². The van der Waals surface area contributed by atoms with Crippen LogP contribution in [0.15, 0.2) is 0 Å². The van der Waals surface area contributed by atoms with Gasteiger partial charge in [0.15, 0.2) is 6.79 Å². The molecule has 2 atom stereocenters. The Morgan fingerprint density at radius 3 is 2.42 bits per heavy atom. The first-order chi connectivity index (χ1) is 5.62. The monoisotopic (exact) mass is 174 g/mol. The standard InChI is InChI=1S/C8H14O4/c1-7(5-9-7)3-4-8(2)10-6-11-12-8/h3-6H2,1-2H3. The van der Waals surface area contributed by atoms with Gasteiger partial charge in [0, 0.05) is 6.42 Å². The Balaban J connectivity index is 1.78. The van der Waals surface area contributed by atoms with Gasteiger partial charge in [-0.1, -0.05) is 0 Å². The number of ether oxygens (including phenoxy) is 2. The van der Waals surface area contributed by atoms with Gasteiger partial charge in [-0.3, -0.25) is 0 Å². The highest BCUT2D eigenvalue weighted by atomic mass is 17.3. The maximum Gasteiger partial charge on any atom is 0.201 e. The molecule has 4 heteroatoms. The zero-order valence-electron chi connectivity index (χ0n) is 7.46.